The first kappa shape index (κ1) is 26.9. The fourth-order valence-corrected chi connectivity index (χ4v) is 6.68. The number of carbonyl (C=O) groups is 3. The predicted octanol–water partition coefficient (Wildman–Crippen LogP) is 4.82. The molecule has 7 nitrogen and oxygen atoms in total. The van der Waals surface area contributed by atoms with Crippen molar-refractivity contribution in [2.75, 3.05) is 27.2 Å². The van der Waals surface area contributed by atoms with Gasteiger partial charge in [0.25, 0.3) is 5.91 Å². The molecule has 39 heavy (non-hydrogen) atoms. The van der Waals surface area contributed by atoms with Crippen molar-refractivity contribution in [3.8, 4) is 5.75 Å². The van der Waals surface area contributed by atoms with Crippen molar-refractivity contribution in [1.82, 2.24) is 9.80 Å². The van der Waals surface area contributed by atoms with Crippen LogP contribution in [-0.4, -0.2) is 67.0 Å². The molecule has 0 spiro atoms. The molecule has 4 atom stereocenters. The molecule has 7 heteroatoms. The highest BCUT2D eigenvalue weighted by molar-refractivity contribution is 5.98. The molecule has 0 radical (unpaired) electrons. The molecule has 1 saturated heterocycles. The maximum Gasteiger partial charge on any atom is 0.308 e. The summed E-state index contributed by atoms with van der Waals surface area (Å²) in [6, 6.07) is 21.4. The van der Waals surface area contributed by atoms with Crippen LogP contribution in [-0.2, 0) is 19.7 Å². The first-order valence-corrected chi connectivity index (χ1v) is 13.6. The number of amides is 1. The molecule has 3 aromatic carbocycles. The first-order chi connectivity index (χ1) is 18.7. The average Bonchev–Trinajstić information content (AvgIpc) is 2.91. The fraction of sp³-hybridized carbons (Fsp3) is 0.406. The zero-order valence-corrected chi connectivity index (χ0v) is 23.1. The monoisotopic (exact) mass is 528 g/mol. The van der Waals surface area contributed by atoms with Gasteiger partial charge in [0.1, 0.15) is 11.9 Å². The minimum Gasteiger partial charge on any atom is -0.462 e. The van der Waals surface area contributed by atoms with Crippen molar-refractivity contribution in [2.24, 2.45) is 5.92 Å². The van der Waals surface area contributed by atoms with Gasteiger partial charge in [-0.05, 0) is 67.0 Å². The van der Waals surface area contributed by atoms with Crippen molar-refractivity contribution in [3.63, 3.8) is 0 Å². The van der Waals surface area contributed by atoms with Crippen LogP contribution in [0.3, 0.4) is 0 Å². The molecule has 1 aliphatic carbocycles. The van der Waals surface area contributed by atoms with Crippen LogP contribution in [0.1, 0.15) is 49.0 Å². The number of carbonyl (C=O) groups excluding carboxylic acids is 3. The second kappa shape index (κ2) is 10.8. The summed E-state index contributed by atoms with van der Waals surface area (Å²) in [5, 5.41) is 2.11. The summed E-state index contributed by atoms with van der Waals surface area (Å²) in [6.45, 7) is 4.48. The zero-order chi connectivity index (χ0) is 27.7. The summed E-state index contributed by atoms with van der Waals surface area (Å²) >= 11 is 0. The molecule has 0 N–H and O–H groups in total. The van der Waals surface area contributed by atoms with E-state index in [9.17, 15) is 14.4 Å². The smallest absolute Gasteiger partial charge is 0.308 e. The van der Waals surface area contributed by atoms with E-state index in [4.69, 9.17) is 9.47 Å². The Morgan fingerprint density at radius 1 is 0.949 bits per heavy atom. The quantitative estimate of drug-likeness (QED) is 0.349. The Labute approximate surface area is 229 Å². The number of piperidine rings is 1. The molecule has 1 aliphatic heterocycles. The summed E-state index contributed by atoms with van der Waals surface area (Å²) in [5.41, 5.74) is 1.33. The SMILES string of the molecule is CC(=O)Oc1cccc([C@@]23CCN(C)C[C@H]2C(OC(C)=O)C[C@@H](N(C)C(=O)c2ccc4ccccc4c2)C3)c1. The van der Waals surface area contributed by atoms with Crippen molar-refractivity contribution in [1.29, 1.82) is 0 Å². The predicted molar refractivity (Wildman–Crippen MR) is 150 cm³/mol. The third-order valence-electron chi connectivity index (χ3n) is 8.56. The van der Waals surface area contributed by atoms with Crippen LogP contribution in [0.5, 0.6) is 5.75 Å². The van der Waals surface area contributed by atoms with Crippen molar-refractivity contribution >= 4 is 28.6 Å². The maximum absolute atomic E-state index is 13.8. The molecule has 2 fully saturated rings. The van der Waals surface area contributed by atoms with E-state index in [0.717, 1.165) is 42.3 Å². The van der Waals surface area contributed by atoms with Gasteiger partial charge in [0, 0.05) is 56.8 Å². The van der Waals surface area contributed by atoms with Gasteiger partial charge in [0.2, 0.25) is 0 Å². The standard InChI is InChI=1S/C32H36N2O5/c1-21(35)38-28-11-7-10-26(17-28)32-14-15-33(3)20-29(32)30(39-22(2)36)18-27(19-32)34(4)31(37)25-13-12-23-8-5-6-9-24(23)16-25/h5-13,16-17,27,29-30H,14-15,18-20H2,1-4H3/t27-,29+,30?,32+/m1/s1. The number of hydrogen-bond acceptors (Lipinski definition) is 6. The van der Waals surface area contributed by atoms with Gasteiger partial charge < -0.3 is 19.3 Å². The highest BCUT2D eigenvalue weighted by Crippen LogP contribution is 2.51. The van der Waals surface area contributed by atoms with E-state index in [1.807, 2.05) is 66.5 Å². The van der Waals surface area contributed by atoms with Crippen LogP contribution < -0.4 is 4.74 Å². The number of ether oxygens (including phenoxy) is 2. The molecule has 2 aliphatic rings. The van der Waals surface area contributed by atoms with Gasteiger partial charge in [-0.1, -0.05) is 42.5 Å². The summed E-state index contributed by atoms with van der Waals surface area (Å²) in [4.78, 5) is 41.9. The summed E-state index contributed by atoms with van der Waals surface area (Å²) in [6.07, 6.45) is 1.78. The molecule has 1 amide bonds. The Morgan fingerprint density at radius 3 is 2.46 bits per heavy atom. The van der Waals surface area contributed by atoms with Crippen LogP contribution in [0.2, 0.25) is 0 Å². The molecule has 1 saturated carbocycles. The molecule has 5 rings (SSSR count). The van der Waals surface area contributed by atoms with Gasteiger partial charge in [0.05, 0.1) is 0 Å². The number of likely N-dealkylation sites (tertiary alicyclic amines) is 1. The largest absolute Gasteiger partial charge is 0.462 e. The number of esters is 2. The molecule has 1 heterocycles. The Balaban J connectivity index is 1.53. The summed E-state index contributed by atoms with van der Waals surface area (Å²) < 4.78 is 11.4. The number of rotatable bonds is 5. The van der Waals surface area contributed by atoms with Crippen LogP contribution in [0.15, 0.2) is 66.7 Å². The van der Waals surface area contributed by atoms with E-state index < -0.39 is 0 Å². The number of fused-ring (bicyclic) bond motifs is 2. The van der Waals surface area contributed by atoms with Gasteiger partial charge in [-0.15, -0.1) is 0 Å². The number of benzene rings is 3. The molecule has 3 aromatic rings. The Kier molecular flexibility index (Phi) is 7.45. The second-order valence-corrected chi connectivity index (χ2v) is 11.1. The normalized spacial score (nSPS) is 25.0. The van der Waals surface area contributed by atoms with Crippen LogP contribution in [0.25, 0.3) is 10.8 Å². The number of nitrogens with zero attached hydrogens (tertiary/aromatic N) is 2. The van der Waals surface area contributed by atoms with Gasteiger partial charge in [-0.25, -0.2) is 0 Å². The highest BCUT2D eigenvalue weighted by Gasteiger charge is 2.54. The van der Waals surface area contributed by atoms with Gasteiger partial charge in [-0.3, -0.25) is 14.4 Å². The Bertz CT molecular complexity index is 1400. The maximum atomic E-state index is 13.8. The van der Waals surface area contributed by atoms with Gasteiger partial charge >= 0.3 is 11.9 Å². The van der Waals surface area contributed by atoms with E-state index in [1.54, 1.807) is 6.07 Å². The molecule has 1 unspecified atom stereocenters. The van der Waals surface area contributed by atoms with Crippen LogP contribution in [0.4, 0.5) is 0 Å². The molecular formula is C32H36N2O5. The van der Waals surface area contributed by atoms with Gasteiger partial charge in [-0.2, -0.15) is 0 Å². The average molecular weight is 529 g/mol. The van der Waals surface area contributed by atoms with Crippen LogP contribution >= 0.6 is 0 Å². The molecular weight excluding hydrogens is 492 g/mol. The van der Waals surface area contributed by atoms with E-state index in [-0.39, 0.29) is 41.3 Å². The lowest BCUT2D eigenvalue weighted by Gasteiger charge is -2.56. The first-order valence-electron chi connectivity index (χ1n) is 13.6. The second-order valence-electron chi connectivity index (χ2n) is 11.1. The minimum atomic E-state index is -0.371. The summed E-state index contributed by atoms with van der Waals surface area (Å²) in [7, 11) is 3.94. The van der Waals surface area contributed by atoms with Crippen molar-refractivity contribution < 1.29 is 23.9 Å². The fourth-order valence-electron chi connectivity index (χ4n) is 6.68. The lowest BCUT2D eigenvalue weighted by atomic mass is 9.56. The summed E-state index contributed by atoms with van der Waals surface area (Å²) in [5.74, 6) is -0.209. The molecule has 0 aromatic heterocycles. The Morgan fingerprint density at radius 2 is 1.72 bits per heavy atom. The molecule has 0 bridgehead atoms. The van der Waals surface area contributed by atoms with E-state index in [0.29, 0.717) is 17.7 Å². The third-order valence-corrected chi connectivity index (χ3v) is 8.56. The lowest BCUT2D eigenvalue weighted by Crippen LogP contribution is -2.61. The van der Waals surface area contributed by atoms with E-state index in [1.165, 1.54) is 13.8 Å². The minimum absolute atomic E-state index is 0.0353. The van der Waals surface area contributed by atoms with Crippen molar-refractivity contribution in [3.05, 3.63) is 77.9 Å². The topological polar surface area (TPSA) is 76.2 Å². The molecule has 204 valence electrons. The van der Waals surface area contributed by atoms with Crippen LogP contribution in [0, 0.1) is 5.92 Å². The van der Waals surface area contributed by atoms with Gasteiger partial charge in [0.15, 0.2) is 0 Å². The van der Waals surface area contributed by atoms with E-state index >= 15 is 0 Å². The third kappa shape index (κ3) is 5.41. The van der Waals surface area contributed by atoms with E-state index in [2.05, 4.69) is 18.0 Å². The Hall–Kier alpha value is -3.71. The number of hydrogen-bond donors (Lipinski definition) is 0. The lowest BCUT2D eigenvalue weighted by molar-refractivity contribution is -0.158. The van der Waals surface area contributed by atoms with Crippen molar-refractivity contribution in [2.45, 2.75) is 50.7 Å². The highest BCUT2D eigenvalue weighted by atomic mass is 16.5. The zero-order valence-electron chi connectivity index (χ0n) is 23.1.